The lowest BCUT2D eigenvalue weighted by Crippen LogP contribution is -2.46. The number of ether oxygens (including phenoxy) is 1. The molecule has 0 aliphatic rings. The van der Waals surface area contributed by atoms with Gasteiger partial charge >= 0.3 is 5.97 Å². The number of phenols is 1. The van der Waals surface area contributed by atoms with Gasteiger partial charge in [-0.2, -0.15) is 0 Å². The molecule has 0 aliphatic carbocycles. The molecular formula is C17H18O4. The molecular weight excluding hydrogens is 268 g/mol. The highest BCUT2D eigenvalue weighted by Gasteiger charge is 2.39. The summed E-state index contributed by atoms with van der Waals surface area (Å²) in [6.07, 6.45) is 0.562. The van der Waals surface area contributed by atoms with E-state index < -0.39 is 11.6 Å². The lowest BCUT2D eigenvalue weighted by atomic mass is 9.91. The maximum atomic E-state index is 11.8. The van der Waals surface area contributed by atoms with Crippen molar-refractivity contribution in [3.05, 3.63) is 60.2 Å². The van der Waals surface area contributed by atoms with Gasteiger partial charge in [-0.25, -0.2) is 4.79 Å². The molecule has 0 aliphatic heterocycles. The smallest absolute Gasteiger partial charge is 0.348 e. The number of aromatic hydroxyl groups is 1. The van der Waals surface area contributed by atoms with Crippen LogP contribution in [0.5, 0.6) is 11.5 Å². The summed E-state index contributed by atoms with van der Waals surface area (Å²) in [5.41, 5.74) is -0.522. The van der Waals surface area contributed by atoms with E-state index in [0.29, 0.717) is 12.2 Å². The minimum atomic E-state index is -1.32. The molecule has 0 aromatic heterocycles. The van der Waals surface area contributed by atoms with Crippen molar-refractivity contribution >= 4 is 5.97 Å². The van der Waals surface area contributed by atoms with Gasteiger partial charge in [0.25, 0.3) is 0 Å². The first-order valence-electron chi connectivity index (χ1n) is 6.81. The first kappa shape index (κ1) is 14.9. The van der Waals surface area contributed by atoms with E-state index in [1.807, 2.05) is 6.07 Å². The summed E-state index contributed by atoms with van der Waals surface area (Å²) in [7, 11) is 0. The molecule has 0 radical (unpaired) electrons. The Hall–Kier alpha value is -2.49. The molecule has 2 N–H and O–H groups in total. The van der Waals surface area contributed by atoms with E-state index in [1.165, 1.54) is 0 Å². The number of hydrogen-bond donors (Lipinski definition) is 2. The van der Waals surface area contributed by atoms with Crippen LogP contribution in [0.2, 0.25) is 0 Å². The number of hydrogen-bond acceptors (Lipinski definition) is 3. The molecule has 4 nitrogen and oxygen atoms in total. The Morgan fingerprint density at radius 2 is 1.71 bits per heavy atom. The van der Waals surface area contributed by atoms with E-state index in [4.69, 9.17) is 4.74 Å². The van der Waals surface area contributed by atoms with Gasteiger partial charge in [-0.05, 0) is 36.2 Å². The van der Waals surface area contributed by atoms with Crippen molar-refractivity contribution in [2.75, 3.05) is 0 Å². The minimum Gasteiger partial charge on any atom is -0.508 e. The zero-order valence-electron chi connectivity index (χ0n) is 11.8. The molecule has 1 unspecified atom stereocenters. The highest BCUT2D eigenvalue weighted by atomic mass is 16.5. The van der Waals surface area contributed by atoms with Crippen molar-refractivity contribution < 1.29 is 19.7 Å². The third kappa shape index (κ3) is 3.54. The molecule has 2 rings (SSSR count). The van der Waals surface area contributed by atoms with Gasteiger partial charge in [0.15, 0.2) is 0 Å². The molecule has 0 saturated heterocycles. The normalized spacial score (nSPS) is 13.4. The Morgan fingerprint density at radius 1 is 1.10 bits per heavy atom. The number of rotatable bonds is 6. The first-order valence-corrected chi connectivity index (χ1v) is 6.81. The van der Waals surface area contributed by atoms with Crippen LogP contribution in [-0.2, 0) is 11.2 Å². The van der Waals surface area contributed by atoms with Crippen LogP contribution in [0.25, 0.3) is 0 Å². The lowest BCUT2D eigenvalue weighted by molar-refractivity contribution is -0.155. The monoisotopic (exact) mass is 286 g/mol. The molecule has 0 heterocycles. The van der Waals surface area contributed by atoms with E-state index >= 15 is 0 Å². The molecule has 2 aromatic rings. The molecule has 21 heavy (non-hydrogen) atoms. The predicted octanol–water partition coefficient (Wildman–Crippen LogP) is 3.25. The SMILES string of the molecule is CCC(Cc1ccc(O)cc1)(Oc1ccccc1)C(=O)O. The standard InChI is InChI=1S/C17H18O4/c1-2-17(16(19)20,21-15-6-4-3-5-7-15)12-13-8-10-14(18)11-9-13/h3-11,18H,2,12H2,1H3,(H,19,20). The van der Waals surface area contributed by atoms with Crippen LogP contribution in [0.15, 0.2) is 54.6 Å². The highest BCUT2D eigenvalue weighted by molar-refractivity contribution is 5.78. The van der Waals surface area contributed by atoms with Gasteiger partial charge in [0.2, 0.25) is 5.60 Å². The summed E-state index contributed by atoms with van der Waals surface area (Å²) in [5, 5.41) is 18.9. The quantitative estimate of drug-likeness (QED) is 0.855. The number of carboxylic acid groups (broad SMARTS) is 1. The number of benzene rings is 2. The number of phenolic OH excluding ortho intramolecular Hbond substituents is 1. The first-order chi connectivity index (χ1) is 10.1. The van der Waals surface area contributed by atoms with Crippen LogP contribution in [0.1, 0.15) is 18.9 Å². The van der Waals surface area contributed by atoms with Crippen LogP contribution in [-0.4, -0.2) is 21.8 Å². The second-order valence-electron chi connectivity index (χ2n) is 4.91. The Labute approximate surface area is 123 Å². The number of aliphatic carboxylic acids is 1. The van der Waals surface area contributed by atoms with E-state index in [1.54, 1.807) is 55.5 Å². The second-order valence-corrected chi connectivity index (χ2v) is 4.91. The Morgan fingerprint density at radius 3 is 2.24 bits per heavy atom. The third-order valence-electron chi connectivity index (χ3n) is 3.44. The fourth-order valence-corrected chi connectivity index (χ4v) is 2.16. The highest BCUT2D eigenvalue weighted by Crippen LogP contribution is 2.26. The molecule has 110 valence electrons. The van der Waals surface area contributed by atoms with Gasteiger partial charge in [-0.15, -0.1) is 0 Å². The summed E-state index contributed by atoms with van der Waals surface area (Å²) in [6.45, 7) is 1.79. The summed E-state index contributed by atoms with van der Waals surface area (Å²) in [5.74, 6) is -0.317. The number of carbonyl (C=O) groups is 1. The molecule has 4 heteroatoms. The van der Waals surface area contributed by atoms with Crippen molar-refractivity contribution in [1.82, 2.24) is 0 Å². The predicted molar refractivity (Wildman–Crippen MR) is 79.5 cm³/mol. The summed E-state index contributed by atoms with van der Waals surface area (Å²) >= 11 is 0. The van der Waals surface area contributed by atoms with E-state index in [2.05, 4.69) is 0 Å². The van der Waals surface area contributed by atoms with Gasteiger partial charge in [-0.3, -0.25) is 0 Å². The summed E-state index contributed by atoms with van der Waals surface area (Å²) in [6, 6.07) is 15.4. The van der Waals surface area contributed by atoms with Gasteiger partial charge < -0.3 is 14.9 Å². The third-order valence-corrected chi connectivity index (χ3v) is 3.44. The van der Waals surface area contributed by atoms with Gasteiger partial charge in [0.05, 0.1) is 0 Å². The van der Waals surface area contributed by atoms with Crippen molar-refractivity contribution in [2.24, 2.45) is 0 Å². The fourth-order valence-electron chi connectivity index (χ4n) is 2.16. The minimum absolute atomic E-state index is 0.153. The molecule has 0 fully saturated rings. The van der Waals surface area contributed by atoms with Crippen molar-refractivity contribution in [2.45, 2.75) is 25.4 Å². The van der Waals surface area contributed by atoms with Gasteiger partial charge in [0.1, 0.15) is 11.5 Å². The Kier molecular flexibility index (Phi) is 4.48. The van der Waals surface area contributed by atoms with Crippen molar-refractivity contribution in [3.63, 3.8) is 0 Å². The Bertz CT molecular complexity index is 592. The number of para-hydroxylation sites is 1. The molecule has 0 amide bonds. The molecule has 0 bridgehead atoms. The van der Waals surface area contributed by atoms with Crippen LogP contribution in [0, 0.1) is 0 Å². The van der Waals surface area contributed by atoms with Crippen LogP contribution < -0.4 is 4.74 Å². The van der Waals surface area contributed by atoms with Crippen LogP contribution >= 0.6 is 0 Å². The van der Waals surface area contributed by atoms with Crippen LogP contribution in [0.3, 0.4) is 0 Å². The molecule has 2 aromatic carbocycles. The maximum absolute atomic E-state index is 11.8. The largest absolute Gasteiger partial charge is 0.508 e. The van der Waals surface area contributed by atoms with E-state index in [-0.39, 0.29) is 12.2 Å². The average Bonchev–Trinajstić information content (AvgIpc) is 2.49. The zero-order valence-corrected chi connectivity index (χ0v) is 11.8. The average molecular weight is 286 g/mol. The van der Waals surface area contributed by atoms with Crippen LogP contribution in [0.4, 0.5) is 0 Å². The molecule has 0 saturated carbocycles. The maximum Gasteiger partial charge on any atom is 0.348 e. The zero-order chi connectivity index (χ0) is 15.3. The second kappa shape index (κ2) is 6.31. The Balaban J connectivity index is 2.28. The van der Waals surface area contributed by atoms with Crippen molar-refractivity contribution in [3.8, 4) is 11.5 Å². The fraction of sp³-hybridized carbons (Fsp3) is 0.235. The summed E-state index contributed by atoms with van der Waals surface area (Å²) < 4.78 is 5.78. The van der Waals surface area contributed by atoms with E-state index in [0.717, 1.165) is 5.56 Å². The molecule has 0 spiro atoms. The topological polar surface area (TPSA) is 66.8 Å². The van der Waals surface area contributed by atoms with E-state index in [9.17, 15) is 15.0 Å². The molecule has 1 atom stereocenters. The number of carboxylic acids is 1. The van der Waals surface area contributed by atoms with Gasteiger partial charge in [0, 0.05) is 6.42 Å². The lowest BCUT2D eigenvalue weighted by Gasteiger charge is -2.29. The van der Waals surface area contributed by atoms with Gasteiger partial charge in [-0.1, -0.05) is 37.3 Å². The summed E-state index contributed by atoms with van der Waals surface area (Å²) in [4.78, 5) is 11.8. The van der Waals surface area contributed by atoms with Crippen molar-refractivity contribution in [1.29, 1.82) is 0 Å².